The number of Topliss-reactive ketones (excluding diaryl/α,β-unsaturated/α-hetero) is 1. The lowest BCUT2D eigenvalue weighted by atomic mass is 9.79. The second-order valence-corrected chi connectivity index (χ2v) is 7.63. The molecule has 3 aromatic rings. The standard InChI is InChI=1S/C24H20ClNO3/c1-16(22(27)17-9-3-2-4-10-17)24(29)19-12-6-8-14-21(19)26(23(24)28)15-18-11-5-7-13-20(18)25/h2-14,16,29H,15H2,1H3. The van der Waals surface area contributed by atoms with E-state index in [1.54, 1.807) is 61.5 Å². The van der Waals surface area contributed by atoms with Gasteiger partial charge in [0.1, 0.15) is 0 Å². The van der Waals surface area contributed by atoms with E-state index in [1.165, 1.54) is 4.90 Å². The van der Waals surface area contributed by atoms with Gasteiger partial charge in [-0.15, -0.1) is 0 Å². The SMILES string of the molecule is CC(C(=O)c1ccccc1)C1(O)C(=O)N(Cc2ccccc2Cl)c2ccccc21. The molecule has 1 aliphatic heterocycles. The van der Waals surface area contributed by atoms with Crippen LogP contribution in [0.4, 0.5) is 5.69 Å². The van der Waals surface area contributed by atoms with E-state index >= 15 is 0 Å². The van der Waals surface area contributed by atoms with Crippen LogP contribution in [0, 0.1) is 5.92 Å². The van der Waals surface area contributed by atoms with Gasteiger partial charge in [0.2, 0.25) is 0 Å². The number of nitrogens with zero attached hydrogens (tertiary/aromatic N) is 1. The van der Waals surface area contributed by atoms with E-state index in [9.17, 15) is 14.7 Å². The second-order valence-electron chi connectivity index (χ2n) is 7.22. The normalized spacial score (nSPS) is 19.1. The number of rotatable bonds is 5. The summed E-state index contributed by atoms with van der Waals surface area (Å²) in [7, 11) is 0. The van der Waals surface area contributed by atoms with Crippen LogP contribution in [0.25, 0.3) is 0 Å². The van der Waals surface area contributed by atoms with Crippen LogP contribution in [-0.4, -0.2) is 16.8 Å². The molecule has 0 spiro atoms. The van der Waals surface area contributed by atoms with Crippen LogP contribution >= 0.6 is 11.6 Å². The number of ketones is 1. The van der Waals surface area contributed by atoms with Crippen LogP contribution in [-0.2, 0) is 16.9 Å². The first-order valence-electron chi connectivity index (χ1n) is 9.41. The van der Waals surface area contributed by atoms with Crippen LogP contribution in [0.3, 0.4) is 0 Å². The second kappa shape index (κ2) is 7.47. The monoisotopic (exact) mass is 405 g/mol. The van der Waals surface area contributed by atoms with E-state index in [0.29, 0.717) is 21.8 Å². The molecule has 1 amide bonds. The van der Waals surface area contributed by atoms with Crippen LogP contribution in [0.2, 0.25) is 5.02 Å². The zero-order chi connectivity index (χ0) is 20.6. The molecule has 1 aliphatic rings. The molecule has 0 fully saturated rings. The molecule has 0 aromatic heterocycles. The number of aliphatic hydroxyl groups is 1. The molecule has 0 saturated heterocycles. The van der Waals surface area contributed by atoms with Crippen LogP contribution < -0.4 is 4.90 Å². The molecule has 1 heterocycles. The van der Waals surface area contributed by atoms with Crippen molar-refractivity contribution in [2.45, 2.75) is 19.1 Å². The number of amides is 1. The first-order chi connectivity index (χ1) is 13.9. The average molecular weight is 406 g/mol. The highest BCUT2D eigenvalue weighted by atomic mass is 35.5. The molecule has 5 heteroatoms. The third-order valence-electron chi connectivity index (χ3n) is 5.54. The Morgan fingerprint density at radius 1 is 1.00 bits per heavy atom. The summed E-state index contributed by atoms with van der Waals surface area (Å²) in [6, 6.07) is 23.0. The molecule has 2 unspecified atom stereocenters. The van der Waals surface area contributed by atoms with Crippen molar-refractivity contribution in [1.82, 2.24) is 0 Å². The first-order valence-corrected chi connectivity index (χ1v) is 9.79. The summed E-state index contributed by atoms with van der Waals surface area (Å²) < 4.78 is 0. The van der Waals surface area contributed by atoms with Gasteiger partial charge in [0, 0.05) is 16.1 Å². The van der Waals surface area contributed by atoms with E-state index in [1.807, 2.05) is 24.3 Å². The smallest absolute Gasteiger partial charge is 0.264 e. The van der Waals surface area contributed by atoms with E-state index in [0.717, 1.165) is 5.56 Å². The Labute approximate surface area is 174 Å². The third kappa shape index (κ3) is 3.15. The molecular weight excluding hydrogens is 386 g/mol. The van der Waals surface area contributed by atoms with Crippen LogP contribution in [0.5, 0.6) is 0 Å². The molecule has 0 aliphatic carbocycles. The zero-order valence-corrected chi connectivity index (χ0v) is 16.6. The minimum Gasteiger partial charge on any atom is -0.375 e. The van der Waals surface area contributed by atoms with Gasteiger partial charge < -0.3 is 10.0 Å². The highest BCUT2D eigenvalue weighted by molar-refractivity contribution is 6.31. The van der Waals surface area contributed by atoms with Gasteiger partial charge in [-0.25, -0.2) is 0 Å². The molecule has 0 radical (unpaired) electrons. The fourth-order valence-electron chi connectivity index (χ4n) is 3.88. The summed E-state index contributed by atoms with van der Waals surface area (Å²) in [5, 5.41) is 12.1. The van der Waals surface area contributed by atoms with Crippen LogP contribution in [0.15, 0.2) is 78.9 Å². The fourth-order valence-corrected chi connectivity index (χ4v) is 4.07. The summed E-state index contributed by atoms with van der Waals surface area (Å²) >= 11 is 6.29. The molecule has 2 atom stereocenters. The zero-order valence-electron chi connectivity index (χ0n) is 15.9. The predicted molar refractivity (Wildman–Crippen MR) is 113 cm³/mol. The summed E-state index contributed by atoms with van der Waals surface area (Å²) in [6.45, 7) is 1.81. The average Bonchev–Trinajstić information content (AvgIpc) is 2.97. The van der Waals surface area contributed by atoms with Gasteiger partial charge in [0.15, 0.2) is 11.4 Å². The summed E-state index contributed by atoms with van der Waals surface area (Å²) in [5.74, 6) is -1.75. The summed E-state index contributed by atoms with van der Waals surface area (Å²) in [6.07, 6.45) is 0. The number of carbonyl (C=O) groups is 2. The lowest BCUT2D eigenvalue weighted by Crippen LogP contribution is -2.47. The fraction of sp³-hybridized carbons (Fsp3) is 0.167. The maximum Gasteiger partial charge on any atom is 0.264 e. The molecule has 29 heavy (non-hydrogen) atoms. The lowest BCUT2D eigenvalue weighted by molar-refractivity contribution is -0.139. The van der Waals surface area contributed by atoms with Crippen LogP contribution in [0.1, 0.15) is 28.4 Å². The molecule has 0 bridgehead atoms. The van der Waals surface area contributed by atoms with E-state index in [-0.39, 0.29) is 12.3 Å². The third-order valence-corrected chi connectivity index (χ3v) is 5.91. The van der Waals surface area contributed by atoms with Crippen molar-refractivity contribution in [3.05, 3.63) is 101 Å². The number of benzene rings is 3. The largest absolute Gasteiger partial charge is 0.375 e. The number of para-hydroxylation sites is 1. The molecule has 0 saturated carbocycles. The highest BCUT2D eigenvalue weighted by Gasteiger charge is 2.55. The number of hydrogen-bond acceptors (Lipinski definition) is 3. The Morgan fingerprint density at radius 3 is 2.34 bits per heavy atom. The molecule has 146 valence electrons. The highest BCUT2D eigenvalue weighted by Crippen LogP contribution is 2.46. The van der Waals surface area contributed by atoms with Gasteiger partial charge in [-0.1, -0.05) is 85.3 Å². The van der Waals surface area contributed by atoms with Crippen molar-refractivity contribution in [2.24, 2.45) is 5.92 Å². The Bertz CT molecular complexity index is 1080. The maximum absolute atomic E-state index is 13.5. The van der Waals surface area contributed by atoms with Crippen molar-refractivity contribution < 1.29 is 14.7 Å². The minimum absolute atomic E-state index is 0.212. The topological polar surface area (TPSA) is 57.6 Å². The maximum atomic E-state index is 13.5. The van der Waals surface area contributed by atoms with Crippen molar-refractivity contribution in [3.8, 4) is 0 Å². The van der Waals surface area contributed by atoms with Gasteiger partial charge >= 0.3 is 0 Å². The number of fused-ring (bicyclic) bond motifs is 1. The minimum atomic E-state index is -1.94. The molecular formula is C24H20ClNO3. The number of hydrogen-bond donors (Lipinski definition) is 1. The van der Waals surface area contributed by atoms with Gasteiger partial charge in [-0.05, 0) is 17.7 Å². The van der Waals surface area contributed by atoms with Crippen molar-refractivity contribution in [1.29, 1.82) is 0 Å². The summed E-state index contributed by atoms with van der Waals surface area (Å²) in [4.78, 5) is 28.0. The van der Waals surface area contributed by atoms with E-state index in [4.69, 9.17) is 11.6 Å². The Morgan fingerprint density at radius 2 is 1.62 bits per heavy atom. The van der Waals surface area contributed by atoms with Gasteiger partial charge in [-0.3, -0.25) is 9.59 Å². The quantitative estimate of drug-likeness (QED) is 0.631. The Balaban J connectivity index is 1.75. The Hall–Kier alpha value is -2.95. The first kappa shape index (κ1) is 19.4. The van der Waals surface area contributed by atoms with E-state index < -0.39 is 17.4 Å². The van der Waals surface area contributed by atoms with Gasteiger partial charge in [0.25, 0.3) is 5.91 Å². The lowest BCUT2D eigenvalue weighted by Gasteiger charge is -2.28. The van der Waals surface area contributed by atoms with Gasteiger partial charge in [-0.2, -0.15) is 0 Å². The van der Waals surface area contributed by atoms with E-state index in [2.05, 4.69) is 0 Å². The Kier molecular flexibility index (Phi) is 4.99. The van der Waals surface area contributed by atoms with Crippen molar-refractivity contribution in [2.75, 3.05) is 4.90 Å². The predicted octanol–water partition coefficient (Wildman–Crippen LogP) is 4.59. The molecule has 3 aromatic carbocycles. The number of carbonyl (C=O) groups excluding carboxylic acids is 2. The summed E-state index contributed by atoms with van der Waals surface area (Å²) in [5.41, 5.74) is 0.318. The number of halogens is 1. The molecule has 4 nitrogen and oxygen atoms in total. The van der Waals surface area contributed by atoms with Crippen molar-refractivity contribution >= 4 is 29.0 Å². The number of anilines is 1. The van der Waals surface area contributed by atoms with Crippen molar-refractivity contribution in [3.63, 3.8) is 0 Å². The molecule has 1 N–H and O–H groups in total. The molecule has 4 rings (SSSR count). The van der Waals surface area contributed by atoms with Gasteiger partial charge in [0.05, 0.1) is 18.2 Å².